The first-order valence-corrected chi connectivity index (χ1v) is 14.1. The lowest BCUT2D eigenvalue weighted by Crippen LogP contribution is -2.51. The lowest BCUT2D eigenvalue weighted by atomic mass is 10.1. The Morgan fingerprint density at radius 1 is 1.00 bits per heavy atom. The lowest BCUT2D eigenvalue weighted by Gasteiger charge is -2.32. The van der Waals surface area contributed by atoms with Gasteiger partial charge in [0.05, 0.1) is 36.2 Å². The Labute approximate surface area is 228 Å². The molecule has 1 N–H and O–H groups in total. The van der Waals surface area contributed by atoms with E-state index < -0.39 is 28.5 Å². The summed E-state index contributed by atoms with van der Waals surface area (Å²) < 4.78 is 37.1. The third kappa shape index (κ3) is 8.41. The fraction of sp³-hybridized carbons (Fsp3) is 0.440. The van der Waals surface area contributed by atoms with Gasteiger partial charge in [-0.05, 0) is 42.7 Å². The number of ether oxygens (including phenoxy) is 2. The van der Waals surface area contributed by atoms with Crippen molar-refractivity contribution in [3.05, 3.63) is 52.0 Å². The van der Waals surface area contributed by atoms with Crippen molar-refractivity contribution in [2.45, 2.75) is 33.4 Å². The summed E-state index contributed by atoms with van der Waals surface area (Å²) >= 11 is 12.2. The molecule has 0 bridgehead atoms. The van der Waals surface area contributed by atoms with E-state index in [0.717, 1.165) is 10.6 Å². The van der Waals surface area contributed by atoms with Gasteiger partial charge in [-0.2, -0.15) is 0 Å². The van der Waals surface area contributed by atoms with Crippen LogP contribution in [0.5, 0.6) is 11.5 Å². The van der Waals surface area contributed by atoms with Crippen molar-refractivity contribution in [3.63, 3.8) is 0 Å². The maximum atomic E-state index is 13.7. The van der Waals surface area contributed by atoms with E-state index in [1.165, 1.54) is 31.3 Å². The predicted octanol–water partition coefficient (Wildman–Crippen LogP) is 3.97. The molecular formula is C25H33Cl2N3O6S. The molecular weight excluding hydrogens is 541 g/mol. The number of methoxy groups -OCH3 is 2. The van der Waals surface area contributed by atoms with Crippen LogP contribution in [0.3, 0.4) is 0 Å². The molecule has 12 heteroatoms. The van der Waals surface area contributed by atoms with Gasteiger partial charge < -0.3 is 19.7 Å². The van der Waals surface area contributed by atoms with Crippen LogP contribution in [0.25, 0.3) is 0 Å². The van der Waals surface area contributed by atoms with Crippen LogP contribution in [0.4, 0.5) is 5.69 Å². The van der Waals surface area contributed by atoms with Crippen molar-refractivity contribution in [1.82, 2.24) is 10.2 Å². The van der Waals surface area contributed by atoms with Crippen molar-refractivity contribution in [2.24, 2.45) is 5.92 Å². The number of carbonyl (C=O) groups is 2. The number of rotatable bonds is 12. The first-order chi connectivity index (χ1) is 17.3. The second kappa shape index (κ2) is 13.2. The van der Waals surface area contributed by atoms with Gasteiger partial charge in [-0.1, -0.05) is 43.1 Å². The van der Waals surface area contributed by atoms with Crippen molar-refractivity contribution < 1.29 is 27.5 Å². The molecule has 9 nitrogen and oxygen atoms in total. The molecule has 2 amide bonds. The van der Waals surface area contributed by atoms with E-state index in [2.05, 4.69) is 5.32 Å². The first kappa shape index (κ1) is 30.5. The van der Waals surface area contributed by atoms with Gasteiger partial charge in [0, 0.05) is 19.2 Å². The highest BCUT2D eigenvalue weighted by Gasteiger charge is 2.31. The molecule has 2 aromatic carbocycles. The Kier molecular flexibility index (Phi) is 10.9. The maximum Gasteiger partial charge on any atom is 0.244 e. The van der Waals surface area contributed by atoms with Gasteiger partial charge in [-0.15, -0.1) is 0 Å². The third-order valence-corrected chi connectivity index (χ3v) is 7.39. The standard InChI is InChI=1S/C25H33Cl2N3O6S/c1-16(2)13-28-25(32)17(3)29(14-18-7-9-20(26)21(27)11-18)24(31)15-30(37(6,33)34)22-10-8-19(35-4)12-23(22)36-5/h7-12,16-17H,13-15H2,1-6H3,(H,28,32)/t17-/m1/s1. The van der Waals surface area contributed by atoms with Crippen LogP contribution in [0.2, 0.25) is 10.0 Å². The number of hydrogen-bond donors (Lipinski definition) is 1. The van der Waals surface area contributed by atoms with Crippen LogP contribution in [0.1, 0.15) is 26.3 Å². The Hall–Kier alpha value is -2.69. The van der Waals surface area contributed by atoms with Gasteiger partial charge in [0.25, 0.3) is 0 Å². The van der Waals surface area contributed by atoms with E-state index in [9.17, 15) is 18.0 Å². The van der Waals surface area contributed by atoms with E-state index in [1.54, 1.807) is 31.2 Å². The highest BCUT2D eigenvalue weighted by atomic mass is 35.5. The Morgan fingerprint density at radius 2 is 1.68 bits per heavy atom. The lowest BCUT2D eigenvalue weighted by molar-refractivity contribution is -0.139. The number of sulfonamides is 1. The first-order valence-electron chi connectivity index (χ1n) is 11.5. The summed E-state index contributed by atoms with van der Waals surface area (Å²) in [7, 11) is -1.07. The number of nitrogens with one attached hydrogen (secondary N) is 1. The highest BCUT2D eigenvalue weighted by Crippen LogP contribution is 2.34. The highest BCUT2D eigenvalue weighted by molar-refractivity contribution is 7.92. The molecule has 0 unspecified atom stereocenters. The minimum absolute atomic E-state index is 0.00331. The molecule has 2 aromatic rings. The van der Waals surface area contributed by atoms with Crippen molar-refractivity contribution in [2.75, 3.05) is 37.9 Å². The van der Waals surface area contributed by atoms with Gasteiger partial charge in [-0.3, -0.25) is 13.9 Å². The number of amides is 2. The van der Waals surface area contributed by atoms with Crippen LogP contribution in [-0.4, -0.2) is 64.7 Å². The number of benzene rings is 2. The van der Waals surface area contributed by atoms with Crippen LogP contribution < -0.4 is 19.1 Å². The Balaban J connectivity index is 2.46. The van der Waals surface area contributed by atoms with Crippen molar-refractivity contribution >= 4 is 50.7 Å². The van der Waals surface area contributed by atoms with Gasteiger partial charge in [-0.25, -0.2) is 8.42 Å². The minimum Gasteiger partial charge on any atom is -0.497 e. The summed E-state index contributed by atoms with van der Waals surface area (Å²) in [6, 6.07) is 8.56. The third-order valence-electron chi connectivity index (χ3n) is 5.52. The van der Waals surface area contributed by atoms with Gasteiger partial charge >= 0.3 is 0 Å². The van der Waals surface area contributed by atoms with E-state index >= 15 is 0 Å². The van der Waals surface area contributed by atoms with Crippen molar-refractivity contribution in [3.8, 4) is 11.5 Å². The smallest absolute Gasteiger partial charge is 0.244 e. The number of carbonyl (C=O) groups excluding carboxylic acids is 2. The monoisotopic (exact) mass is 573 g/mol. The number of hydrogen-bond acceptors (Lipinski definition) is 6. The van der Waals surface area contributed by atoms with Crippen LogP contribution in [0.15, 0.2) is 36.4 Å². The van der Waals surface area contributed by atoms with Crippen LogP contribution in [-0.2, 0) is 26.2 Å². The summed E-state index contributed by atoms with van der Waals surface area (Å²) in [5, 5.41) is 3.47. The average molecular weight is 575 g/mol. The summed E-state index contributed by atoms with van der Waals surface area (Å²) in [5.74, 6) is -0.0938. The van der Waals surface area contributed by atoms with Gasteiger partial charge in [0.2, 0.25) is 21.8 Å². The molecule has 0 aliphatic carbocycles. The summed E-state index contributed by atoms with van der Waals surface area (Å²) in [4.78, 5) is 27.9. The van der Waals surface area contributed by atoms with Crippen molar-refractivity contribution in [1.29, 1.82) is 0 Å². The summed E-state index contributed by atoms with van der Waals surface area (Å²) in [6.07, 6.45) is 0.992. The molecule has 0 saturated heterocycles. The molecule has 1 atom stereocenters. The molecule has 2 rings (SSSR count). The zero-order valence-corrected chi connectivity index (χ0v) is 24.1. The predicted molar refractivity (Wildman–Crippen MR) is 146 cm³/mol. The maximum absolute atomic E-state index is 13.7. The second-order valence-corrected chi connectivity index (χ2v) is 11.6. The molecule has 37 heavy (non-hydrogen) atoms. The Morgan fingerprint density at radius 3 is 2.22 bits per heavy atom. The molecule has 0 spiro atoms. The number of nitrogens with zero attached hydrogens (tertiary/aromatic N) is 2. The molecule has 0 fully saturated rings. The zero-order chi connectivity index (χ0) is 27.9. The molecule has 0 aliphatic rings. The molecule has 204 valence electrons. The molecule has 0 aliphatic heterocycles. The largest absolute Gasteiger partial charge is 0.497 e. The van der Waals surface area contributed by atoms with E-state index in [4.69, 9.17) is 32.7 Å². The number of halogens is 2. The SMILES string of the molecule is COc1ccc(N(CC(=O)N(Cc2ccc(Cl)c(Cl)c2)[C@H](C)C(=O)NCC(C)C)S(C)(=O)=O)c(OC)c1. The molecule has 0 aromatic heterocycles. The molecule has 0 radical (unpaired) electrons. The normalized spacial score (nSPS) is 12.1. The molecule has 0 saturated carbocycles. The van der Waals surface area contributed by atoms with Gasteiger partial charge in [0.15, 0.2) is 0 Å². The molecule has 0 heterocycles. The minimum atomic E-state index is -3.93. The van der Waals surface area contributed by atoms with E-state index in [1.807, 2.05) is 13.8 Å². The summed E-state index contributed by atoms with van der Waals surface area (Å²) in [6.45, 7) is 5.36. The topological polar surface area (TPSA) is 105 Å². The second-order valence-electron chi connectivity index (χ2n) is 8.89. The van der Waals surface area contributed by atoms with Crippen LogP contribution in [0, 0.1) is 5.92 Å². The fourth-order valence-corrected chi connectivity index (χ4v) is 4.63. The average Bonchev–Trinajstić information content (AvgIpc) is 2.84. The zero-order valence-electron chi connectivity index (χ0n) is 21.7. The van der Waals surface area contributed by atoms with E-state index in [-0.39, 0.29) is 29.8 Å². The van der Waals surface area contributed by atoms with E-state index in [0.29, 0.717) is 27.9 Å². The van der Waals surface area contributed by atoms with Gasteiger partial charge in [0.1, 0.15) is 24.1 Å². The number of anilines is 1. The summed E-state index contributed by atoms with van der Waals surface area (Å²) in [5.41, 5.74) is 0.782. The fourth-order valence-electron chi connectivity index (χ4n) is 3.46. The quantitative estimate of drug-likeness (QED) is 0.412. The Bertz CT molecular complexity index is 1220. The van der Waals surface area contributed by atoms with Crippen LogP contribution >= 0.6 is 23.2 Å².